The number of rotatable bonds is 3. The number of carbonyl (C=O) groups is 1. The molecule has 2 N–H and O–H groups in total. The van der Waals surface area contributed by atoms with Crippen molar-refractivity contribution in [3.63, 3.8) is 0 Å². The van der Waals surface area contributed by atoms with Gasteiger partial charge in [0.1, 0.15) is 11.6 Å². The Morgan fingerprint density at radius 1 is 1.11 bits per heavy atom. The molecule has 0 aromatic heterocycles. The van der Waals surface area contributed by atoms with Gasteiger partial charge in [-0.05, 0) is 35.9 Å². The normalized spacial score (nSPS) is 10.3. The van der Waals surface area contributed by atoms with Gasteiger partial charge in [-0.1, -0.05) is 12.1 Å². The molecule has 0 saturated carbocycles. The number of Topliss-reactive ketones (excluding diaryl/α,β-unsaturated/α-hetero) is 1. The van der Waals surface area contributed by atoms with E-state index in [1.54, 1.807) is 18.2 Å². The molecule has 0 aliphatic heterocycles. The van der Waals surface area contributed by atoms with E-state index >= 15 is 0 Å². The quantitative estimate of drug-likeness (QED) is 0.669. The van der Waals surface area contributed by atoms with Crippen LogP contribution in [0.5, 0.6) is 0 Å². The smallest absolute Gasteiger partial charge is 0.167 e. The molecule has 0 unspecified atom stereocenters. The molecule has 2 nitrogen and oxygen atoms in total. The van der Waals surface area contributed by atoms with Crippen LogP contribution in [0.4, 0.5) is 14.5 Å². The first-order chi connectivity index (χ1) is 8.56. The van der Waals surface area contributed by atoms with E-state index < -0.39 is 11.6 Å². The monoisotopic (exact) mass is 247 g/mol. The second-order valence-corrected chi connectivity index (χ2v) is 3.96. The van der Waals surface area contributed by atoms with Crippen LogP contribution in [0.2, 0.25) is 0 Å². The van der Waals surface area contributed by atoms with Crippen molar-refractivity contribution < 1.29 is 13.6 Å². The van der Waals surface area contributed by atoms with E-state index in [0.717, 1.165) is 18.2 Å². The van der Waals surface area contributed by atoms with Gasteiger partial charge in [-0.2, -0.15) is 0 Å². The van der Waals surface area contributed by atoms with Gasteiger partial charge in [-0.25, -0.2) is 8.78 Å². The molecule has 2 rings (SSSR count). The number of hydrogen-bond acceptors (Lipinski definition) is 2. The Morgan fingerprint density at radius 2 is 1.89 bits per heavy atom. The molecule has 0 heterocycles. The Balaban J connectivity index is 2.24. The van der Waals surface area contributed by atoms with E-state index in [9.17, 15) is 13.6 Å². The minimum Gasteiger partial charge on any atom is -0.399 e. The Hall–Kier alpha value is -2.23. The lowest BCUT2D eigenvalue weighted by atomic mass is 10.0. The molecular formula is C14H11F2NO. The highest BCUT2D eigenvalue weighted by Gasteiger charge is 2.11. The lowest BCUT2D eigenvalue weighted by Gasteiger charge is -2.04. The van der Waals surface area contributed by atoms with Crippen LogP contribution in [-0.2, 0) is 6.42 Å². The van der Waals surface area contributed by atoms with Crippen LogP contribution < -0.4 is 5.73 Å². The fraction of sp³-hybridized carbons (Fsp3) is 0.0714. The van der Waals surface area contributed by atoms with E-state index in [1.807, 2.05) is 0 Å². The molecule has 0 saturated heterocycles. The Morgan fingerprint density at radius 3 is 2.61 bits per heavy atom. The second-order valence-electron chi connectivity index (χ2n) is 3.96. The van der Waals surface area contributed by atoms with E-state index in [4.69, 9.17) is 5.73 Å². The molecule has 0 fully saturated rings. The van der Waals surface area contributed by atoms with E-state index in [-0.39, 0.29) is 17.8 Å². The molecule has 4 heteroatoms. The first-order valence-corrected chi connectivity index (χ1v) is 5.39. The Bertz CT molecular complexity index is 596. The van der Waals surface area contributed by atoms with E-state index in [1.165, 1.54) is 6.07 Å². The number of ketones is 1. The number of carbonyl (C=O) groups excluding carboxylic acids is 1. The summed E-state index contributed by atoms with van der Waals surface area (Å²) >= 11 is 0. The molecule has 0 radical (unpaired) electrons. The summed E-state index contributed by atoms with van der Waals surface area (Å²) in [6, 6.07) is 9.46. The third-order valence-corrected chi connectivity index (χ3v) is 2.57. The molecule has 0 aliphatic rings. The maximum Gasteiger partial charge on any atom is 0.167 e. The van der Waals surface area contributed by atoms with Gasteiger partial charge in [-0.3, -0.25) is 4.79 Å². The van der Waals surface area contributed by atoms with Crippen molar-refractivity contribution in [3.05, 3.63) is 65.2 Å². The zero-order valence-corrected chi connectivity index (χ0v) is 9.49. The Kier molecular flexibility index (Phi) is 3.37. The summed E-state index contributed by atoms with van der Waals surface area (Å²) < 4.78 is 26.3. The molecule has 18 heavy (non-hydrogen) atoms. The number of benzene rings is 2. The van der Waals surface area contributed by atoms with Gasteiger partial charge >= 0.3 is 0 Å². The van der Waals surface area contributed by atoms with Crippen molar-refractivity contribution in [2.45, 2.75) is 6.42 Å². The molecule has 0 atom stereocenters. The lowest BCUT2D eigenvalue weighted by Crippen LogP contribution is -2.06. The first kappa shape index (κ1) is 12.2. The molecule has 2 aromatic rings. The predicted molar refractivity (Wildman–Crippen MR) is 65.2 cm³/mol. The van der Waals surface area contributed by atoms with Crippen LogP contribution >= 0.6 is 0 Å². The molecule has 2 aromatic carbocycles. The Labute approximate surface area is 103 Å². The highest BCUT2D eigenvalue weighted by molar-refractivity contribution is 5.98. The highest BCUT2D eigenvalue weighted by atomic mass is 19.1. The van der Waals surface area contributed by atoms with Crippen LogP contribution in [0.1, 0.15) is 15.9 Å². The fourth-order valence-electron chi connectivity index (χ4n) is 1.67. The summed E-state index contributed by atoms with van der Waals surface area (Å²) in [7, 11) is 0. The fourth-order valence-corrected chi connectivity index (χ4v) is 1.67. The van der Waals surface area contributed by atoms with Crippen molar-refractivity contribution in [1.82, 2.24) is 0 Å². The maximum absolute atomic E-state index is 13.4. The standard InChI is InChI=1S/C14H11F2NO/c15-11-4-5-13(16)10(6-11)8-14(18)9-2-1-3-12(17)7-9/h1-7H,8,17H2. The van der Waals surface area contributed by atoms with Gasteiger partial charge in [0.2, 0.25) is 0 Å². The maximum atomic E-state index is 13.4. The molecule has 0 aliphatic carbocycles. The number of nitrogen functional groups attached to an aromatic ring is 1. The SMILES string of the molecule is Nc1cccc(C(=O)Cc2cc(F)ccc2F)c1. The topological polar surface area (TPSA) is 43.1 Å². The minimum atomic E-state index is -0.589. The third-order valence-electron chi connectivity index (χ3n) is 2.57. The number of hydrogen-bond donors (Lipinski definition) is 1. The summed E-state index contributed by atoms with van der Waals surface area (Å²) in [5, 5.41) is 0. The van der Waals surface area contributed by atoms with Gasteiger partial charge < -0.3 is 5.73 Å². The van der Waals surface area contributed by atoms with Crippen molar-refractivity contribution >= 4 is 11.5 Å². The highest BCUT2D eigenvalue weighted by Crippen LogP contribution is 2.14. The molecule has 0 amide bonds. The first-order valence-electron chi connectivity index (χ1n) is 5.39. The molecular weight excluding hydrogens is 236 g/mol. The number of nitrogens with two attached hydrogens (primary N) is 1. The molecule has 0 spiro atoms. The summed E-state index contributed by atoms with van der Waals surface area (Å²) in [6.07, 6.45) is -0.187. The van der Waals surface area contributed by atoms with Gasteiger partial charge in [0, 0.05) is 17.7 Å². The molecule has 92 valence electrons. The van der Waals surface area contributed by atoms with Crippen LogP contribution in [-0.4, -0.2) is 5.78 Å². The van der Waals surface area contributed by atoms with Crippen LogP contribution in [0.15, 0.2) is 42.5 Å². The second kappa shape index (κ2) is 4.96. The lowest BCUT2D eigenvalue weighted by molar-refractivity contribution is 0.0992. The zero-order valence-electron chi connectivity index (χ0n) is 9.49. The largest absolute Gasteiger partial charge is 0.399 e. The van der Waals surface area contributed by atoms with Gasteiger partial charge in [0.15, 0.2) is 5.78 Å². The summed E-state index contributed by atoms with van der Waals surface area (Å²) in [6.45, 7) is 0. The third kappa shape index (κ3) is 2.71. The van der Waals surface area contributed by atoms with Crippen molar-refractivity contribution in [1.29, 1.82) is 0 Å². The van der Waals surface area contributed by atoms with Crippen LogP contribution in [0.3, 0.4) is 0 Å². The van der Waals surface area contributed by atoms with Gasteiger partial charge in [-0.15, -0.1) is 0 Å². The summed E-state index contributed by atoms with van der Waals surface area (Å²) in [5.41, 5.74) is 6.45. The van der Waals surface area contributed by atoms with Crippen LogP contribution in [0, 0.1) is 11.6 Å². The van der Waals surface area contributed by atoms with E-state index in [0.29, 0.717) is 11.3 Å². The predicted octanol–water partition coefficient (Wildman–Crippen LogP) is 2.97. The van der Waals surface area contributed by atoms with E-state index in [2.05, 4.69) is 0 Å². The minimum absolute atomic E-state index is 0.0439. The zero-order chi connectivity index (χ0) is 13.1. The number of halogens is 2. The van der Waals surface area contributed by atoms with Crippen molar-refractivity contribution in [3.8, 4) is 0 Å². The average molecular weight is 247 g/mol. The van der Waals surface area contributed by atoms with Gasteiger partial charge in [0.25, 0.3) is 0 Å². The summed E-state index contributed by atoms with van der Waals surface area (Å²) in [4.78, 5) is 11.9. The molecule has 0 bridgehead atoms. The van der Waals surface area contributed by atoms with Crippen molar-refractivity contribution in [2.24, 2.45) is 0 Å². The van der Waals surface area contributed by atoms with Gasteiger partial charge in [0.05, 0.1) is 0 Å². The summed E-state index contributed by atoms with van der Waals surface area (Å²) in [5.74, 6) is -1.45. The van der Waals surface area contributed by atoms with Crippen LogP contribution in [0.25, 0.3) is 0 Å². The van der Waals surface area contributed by atoms with Crippen molar-refractivity contribution in [2.75, 3.05) is 5.73 Å². The average Bonchev–Trinajstić information content (AvgIpc) is 2.34. The number of anilines is 1.